The van der Waals surface area contributed by atoms with Crippen molar-refractivity contribution in [2.45, 2.75) is 6.42 Å². The summed E-state index contributed by atoms with van der Waals surface area (Å²) in [5, 5.41) is 11.3. The molecule has 0 atom stereocenters. The van der Waals surface area contributed by atoms with E-state index in [9.17, 15) is 9.59 Å². The Morgan fingerprint density at radius 2 is 2.00 bits per heavy atom. The van der Waals surface area contributed by atoms with Crippen molar-refractivity contribution in [3.05, 3.63) is 54.1 Å². The van der Waals surface area contributed by atoms with Crippen molar-refractivity contribution in [3.8, 4) is 0 Å². The number of carboxylic acids is 1. The van der Waals surface area contributed by atoms with Crippen molar-refractivity contribution >= 4 is 17.6 Å². The molecule has 2 rings (SSSR count). The number of amides is 1. The Labute approximate surface area is 109 Å². The highest BCUT2D eigenvalue weighted by Gasteiger charge is 2.07. The van der Waals surface area contributed by atoms with Gasteiger partial charge < -0.3 is 10.4 Å². The summed E-state index contributed by atoms with van der Waals surface area (Å²) >= 11 is 0. The average Bonchev–Trinajstić information content (AvgIpc) is 2.40. The van der Waals surface area contributed by atoms with Crippen LogP contribution in [0, 0.1) is 0 Å². The Morgan fingerprint density at radius 3 is 2.58 bits per heavy atom. The fourth-order valence-corrected chi connectivity index (χ4v) is 1.47. The summed E-state index contributed by atoms with van der Waals surface area (Å²) in [5.41, 5.74) is 1.05. The largest absolute Gasteiger partial charge is 0.477 e. The summed E-state index contributed by atoms with van der Waals surface area (Å²) in [4.78, 5) is 30.1. The van der Waals surface area contributed by atoms with Crippen LogP contribution in [0.5, 0.6) is 0 Å². The molecule has 0 aliphatic heterocycles. The molecule has 0 radical (unpaired) electrons. The fraction of sp³-hybridized carbons (Fsp3) is 0.0769. The van der Waals surface area contributed by atoms with Crippen LogP contribution in [0.1, 0.15) is 16.2 Å². The van der Waals surface area contributed by atoms with Crippen LogP contribution in [0.2, 0.25) is 0 Å². The Balaban J connectivity index is 1.97. The van der Waals surface area contributed by atoms with Crippen molar-refractivity contribution < 1.29 is 14.7 Å². The Bertz CT molecular complexity index is 582. The van der Waals surface area contributed by atoms with Crippen molar-refractivity contribution in [2.24, 2.45) is 0 Å². The maximum Gasteiger partial charge on any atom is 0.354 e. The van der Waals surface area contributed by atoms with Gasteiger partial charge in [-0.3, -0.25) is 9.78 Å². The van der Waals surface area contributed by atoms with Gasteiger partial charge in [0.05, 0.1) is 18.3 Å². The van der Waals surface area contributed by atoms with Gasteiger partial charge >= 0.3 is 5.97 Å². The monoisotopic (exact) mass is 257 g/mol. The molecular weight excluding hydrogens is 246 g/mol. The molecule has 0 unspecified atom stereocenters. The summed E-state index contributed by atoms with van der Waals surface area (Å²) in [5.74, 6) is -1.34. The van der Waals surface area contributed by atoms with Crippen molar-refractivity contribution in [2.75, 3.05) is 5.32 Å². The number of aromatic carboxylic acids is 1. The van der Waals surface area contributed by atoms with Crippen LogP contribution in [-0.2, 0) is 11.2 Å². The molecule has 96 valence electrons. The van der Waals surface area contributed by atoms with E-state index in [1.165, 1.54) is 18.3 Å². The molecule has 19 heavy (non-hydrogen) atoms. The summed E-state index contributed by atoms with van der Waals surface area (Å²) in [7, 11) is 0. The Kier molecular flexibility index (Phi) is 3.82. The van der Waals surface area contributed by atoms with Gasteiger partial charge in [0.25, 0.3) is 0 Å². The number of hydrogen-bond donors (Lipinski definition) is 2. The van der Waals surface area contributed by atoms with Gasteiger partial charge in [-0.05, 0) is 24.3 Å². The summed E-state index contributed by atoms with van der Waals surface area (Å²) in [6, 6.07) is 8.16. The number of anilines is 1. The number of carbonyl (C=O) groups excluding carboxylic acids is 1. The van der Waals surface area contributed by atoms with E-state index in [2.05, 4.69) is 15.3 Å². The summed E-state index contributed by atoms with van der Waals surface area (Å²) in [6.07, 6.45) is 3.08. The number of aromatic nitrogens is 2. The van der Waals surface area contributed by atoms with Crippen LogP contribution in [0.15, 0.2) is 42.7 Å². The van der Waals surface area contributed by atoms with E-state index in [1.54, 1.807) is 24.4 Å². The normalized spacial score (nSPS) is 9.89. The van der Waals surface area contributed by atoms with Gasteiger partial charge in [-0.25, -0.2) is 9.78 Å². The number of pyridine rings is 2. The second kappa shape index (κ2) is 5.72. The molecular formula is C13H11N3O3. The quantitative estimate of drug-likeness (QED) is 0.862. The Morgan fingerprint density at radius 1 is 1.16 bits per heavy atom. The second-order valence-electron chi connectivity index (χ2n) is 3.78. The number of carboxylic acid groups (broad SMARTS) is 1. The molecule has 0 aliphatic rings. The minimum absolute atomic E-state index is 0.0669. The molecule has 2 aromatic heterocycles. The lowest BCUT2D eigenvalue weighted by Gasteiger charge is -2.04. The lowest BCUT2D eigenvalue weighted by atomic mass is 10.2. The zero-order valence-electron chi connectivity index (χ0n) is 9.91. The highest BCUT2D eigenvalue weighted by Crippen LogP contribution is 2.07. The minimum Gasteiger partial charge on any atom is -0.477 e. The molecule has 0 bridgehead atoms. The molecule has 0 aliphatic carbocycles. The first-order chi connectivity index (χ1) is 9.15. The minimum atomic E-state index is -1.11. The zero-order chi connectivity index (χ0) is 13.7. The van der Waals surface area contributed by atoms with Gasteiger partial charge in [0.1, 0.15) is 5.69 Å². The van der Waals surface area contributed by atoms with E-state index >= 15 is 0 Å². The first-order valence-corrected chi connectivity index (χ1v) is 5.54. The van der Waals surface area contributed by atoms with Crippen LogP contribution < -0.4 is 5.32 Å². The van der Waals surface area contributed by atoms with Crippen molar-refractivity contribution in [1.29, 1.82) is 0 Å². The fourth-order valence-electron chi connectivity index (χ4n) is 1.47. The maximum absolute atomic E-state index is 11.7. The van der Waals surface area contributed by atoms with Crippen LogP contribution >= 0.6 is 0 Å². The van der Waals surface area contributed by atoms with Gasteiger partial charge in [-0.1, -0.05) is 6.07 Å². The smallest absolute Gasteiger partial charge is 0.354 e. The van der Waals surface area contributed by atoms with E-state index < -0.39 is 5.97 Å². The van der Waals surface area contributed by atoms with Gasteiger partial charge in [0, 0.05) is 11.9 Å². The molecule has 0 saturated carbocycles. The van der Waals surface area contributed by atoms with Crippen LogP contribution in [0.25, 0.3) is 0 Å². The van der Waals surface area contributed by atoms with Gasteiger partial charge in [-0.2, -0.15) is 0 Å². The topological polar surface area (TPSA) is 92.2 Å². The van der Waals surface area contributed by atoms with Gasteiger partial charge in [-0.15, -0.1) is 0 Å². The lowest BCUT2D eigenvalue weighted by Crippen LogP contribution is -2.15. The number of rotatable bonds is 4. The lowest BCUT2D eigenvalue weighted by molar-refractivity contribution is -0.115. The number of carbonyl (C=O) groups is 2. The molecule has 2 heterocycles. The van der Waals surface area contributed by atoms with Crippen molar-refractivity contribution in [3.63, 3.8) is 0 Å². The standard InChI is InChI=1S/C13H11N3O3/c17-12(7-9-3-1-2-6-14-9)16-10-4-5-11(13(18)19)15-8-10/h1-6,8H,7H2,(H,16,17)(H,18,19). The molecule has 0 fully saturated rings. The van der Waals surface area contributed by atoms with E-state index in [0.29, 0.717) is 11.4 Å². The van der Waals surface area contributed by atoms with Crippen LogP contribution in [-0.4, -0.2) is 27.0 Å². The third-order valence-corrected chi connectivity index (χ3v) is 2.33. The molecule has 1 amide bonds. The molecule has 0 aromatic carbocycles. The van der Waals surface area contributed by atoms with E-state index in [0.717, 1.165) is 0 Å². The maximum atomic E-state index is 11.7. The predicted octanol–water partition coefficient (Wildman–Crippen LogP) is 1.36. The number of nitrogens with one attached hydrogen (secondary N) is 1. The molecule has 6 nitrogen and oxygen atoms in total. The third kappa shape index (κ3) is 3.60. The molecule has 0 saturated heterocycles. The first kappa shape index (κ1) is 12.7. The number of hydrogen-bond acceptors (Lipinski definition) is 4. The molecule has 6 heteroatoms. The van der Waals surface area contributed by atoms with Gasteiger partial charge in [0.15, 0.2) is 0 Å². The second-order valence-corrected chi connectivity index (χ2v) is 3.78. The van der Waals surface area contributed by atoms with E-state index in [1.807, 2.05) is 0 Å². The van der Waals surface area contributed by atoms with Gasteiger partial charge in [0.2, 0.25) is 5.91 Å². The molecule has 2 N–H and O–H groups in total. The zero-order valence-corrected chi connectivity index (χ0v) is 9.91. The average molecular weight is 257 g/mol. The first-order valence-electron chi connectivity index (χ1n) is 5.54. The highest BCUT2D eigenvalue weighted by molar-refractivity contribution is 5.92. The Hall–Kier alpha value is -2.76. The van der Waals surface area contributed by atoms with Crippen molar-refractivity contribution in [1.82, 2.24) is 9.97 Å². The molecule has 2 aromatic rings. The van der Waals surface area contributed by atoms with Crippen LogP contribution in [0.4, 0.5) is 5.69 Å². The summed E-state index contributed by atoms with van der Waals surface area (Å²) in [6.45, 7) is 0. The van der Waals surface area contributed by atoms with E-state index in [4.69, 9.17) is 5.11 Å². The number of nitrogens with zero attached hydrogens (tertiary/aromatic N) is 2. The van der Waals surface area contributed by atoms with E-state index in [-0.39, 0.29) is 18.0 Å². The third-order valence-electron chi connectivity index (χ3n) is 2.33. The molecule has 0 spiro atoms. The highest BCUT2D eigenvalue weighted by atomic mass is 16.4. The predicted molar refractivity (Wildman–Crippen MR) is 67.8 cm³/mol. The van der Waals surface area contributed by atoms with Crippen LogP contribution in [0.3, 0.4) is 0 Å². The SMILES string of the molecule is O=C(Cc1ccccn1)Nc1ccc(C(=O)O)nc1. The summed E-state index contributed by atoms with van der Waals surface area (Å²) < 4.78 is 0.